The van der Waals surface area contributed by atoms with Crippen LogP contribution in [0.3, 0.4) is 0 Å². The second kappa shape index (κ2) is 12.7. The van der Waals surface area contributed by atoms with Gasteiger partial charge in [0.15, 0.2) is 0 Å². The summed E-state index contributed by atoms with van der Waals surface area (Å²) in [5, 5.41) is -0.473. The second-order valence-electron chi connectivity index (χ2n) is 6.47. The van der Waals surface area contributed by atoms with E-state index >= 15 is 0 Å². The number of carbonyl (C=O) groups is 4. The van der Waals surface area contributed by atoms with Gasteiger partial charge in [-0.3, -0.25) is 19.2 Å². The Balaban J connectivity index is 0.00000181. The summed E-state index contributed by atoms with van der Waals surface area (Å²) in [4.78, 5) is 53.3. The maximum Gasteiger partial charge on any atom is 0.265 e. The number of carbonyl (C=O) groups excluding carboxylic acids is 4. The molecule has 5 nitrogen and oxygen atoms in total. The Morgan fingerprint density at radius 1 is 0.697 bits per heavy atom. The van der Waals surface area contributed by atoms with Gasteiger partial charge in [-0.15, -0.1) is 0 Å². The van der Waals surface area contributed by atoms with Gasteiger partial charge < -0.3 is 7.43 Å². The fourth-order valence-electron chi connectivity index (χ4n) is 3.20. The van der Waals surface area contributed by atoms with Gasteiger partial charge in [-0.05, 0) is 12.1 Å². The minimum absolute atomic E-state index is 0. The van der Waals surface area contributed by atoms with Crippen LogP contribution in [0, 0.1) is 13.5 Å². The largest absolute Gasteiger partial charge is 0.358 e. The number of halogens is 1. The minimum Gasteiger partial charge on any atom is -0.358 e. The number of rotatable bonds is 3. The van der Waals surface area contributed by atoms with Gasteiger partial charge in [-0.1, -0.05) is 59.6 Å². The molecule has 1 aliphatic rings. The van der Waals surface area contributed by atoms with Crippen molar-refractivity contribution in [2.24, 2.45) is 0 Å². The number of benzene rings is 3. The van der Waals surface area contributed by atoms with Crippen molar-refractivity contribution in [1.29, 1.82) is 0 Å². The van der Waals surface area contributed by atoms with Gasteiger partial charge in [0.1, 0.15) is 10.7 Å². The van der Waals surface area contributed by atoms with Gasteiger partial charge in [-0.25, -0.2) is 4.90 Å². The Hall–Kier alpha value is -1.62. The van der Waals surface area contributed by atoms with Gasteiger partial charge in [-0.2, -0.15) is 30.3 Å². The van der Waals surface area contributed by atoms with Crippen LogP contribution in [0.2, 0.25) is 0 Å². The SMILES string of the molecule is O=C1C(Cl)=C(N(C(=O)c2cc[c-]cc2)C(=O)c2ccccc2)C(=O)c2ccccc21.[CH3-].[Y].[Y]. The van der Waals surface area contributed by atoms with Crippen molar-refractivity contribution in [3.63, 3.8) is 0 Å². The first-order chi connectivity index (χ1) is 14.5. The van der Waals surface area contributed by atoms with Crippen LogP contribution in [0.15, 0.2) is 89.6 Å². The molecule has 0 unspecified atom stereocenters. The van der Waals surface area contributed by atoms with Crippen molar-refractivity contribution in [2.45, 2.75) is 0 Å². The quantitative estimate of drug-likeness (QED) is 0.319. The third-order valence-electron chi connectivity index (χ3n) is 4.65. The van der Waals surface area contributed by atoms with Crippen molar-refractivity contribution in [1.82, 2.24) is 4.90 Å². The molecule has 0 aliphatic heterocycles. The van der Waals surface area contributed by atoms with E-state index in [1.54, 1.807) is 30.3 Å². The summed E-state index contributed by atoms with van der Waals surface area (Å²) >= 11 is 6.27. The predicted molar refractivity (Wildman–Crippen MR) is 117 cm³/mol. The summed E-state index contributed by atoms with van der Waals surface area (Å²) in [7, 11) is 0. The molecule has 4 rings (SSSR count). The molecule has 3 aromatic carbocycles. The maximum atomic E-state index is 13.3. The molecule has 0 aromatic heterocycles. The van der Waals surface area contributed by atoms with Crippen molar-refractivity contribution < 1.29 is 84.6 Å². The maximum absolute atomic E-state index is 13.3. The van der Waals surface area contributed by atoms with E-state index in [0.29, 0.717) is 4.90 Å². The number of ketones is 2. The third-order valence-corrected chi connectivity index (χ3v) is 5.01. The standard InChI is InChI=1S/C24H13ClNO4.CH3.2Y/c25-19-20(22(28)18-14-8-7-13-17(18)21(19)27)26(23(29)15-9-3-1-4-10-15)24(30)16-11-5-2-6-12-16;;;/h1,3-14H;1H3;;/q2*-1;;. The van der Waals surface area contributed by atoms with Crippen LogP contribution in [0.25, 0.3) is 0 Å². The Morgan fingerprint density at radius 3 is 1.70 bits per heavy atom. The number of amides is 2. The molecule has 0 atom stereocenters. The zero-order valence-electron chi connectivity index (χ0n) is 17.6. The summed E-state index contributed by atoms with van der Waals surface area (Å²) in [6.45, 7) is 0. The molecule has 0 N–H and O–H groups in total. The molecular formula is C25H16ClNO4Y2-2. The summed E-state index contributed by atoms with van der Waals surface area (Å²) in [5.74, 6) is -2.83. The van der Waals surface area contributed by atoms with E-state index in [1.165, 1.54) is 48.5 Å². The number of Topliss-reactive ketones (excluding diaryl/α,β-unsaturated/α-hetero) is 2. The van der Waals surface area contributed by atoms with Crippen LogP contribution in [0.5, 0.6) is 0 Å². The number of hydrogen-bond donors (Lipinski definition) is 0. The van der Waals surface area contributed by atoms with E-state index in [2.05, 4.69) is 6.07 Å². The van der Waals surface area contributed by atoms with E-state index in [1.807, 2.05) is 0 Å². The van der Waals surface area contributed by atoms with Gasteiger partial charge in [0.05, 0.1) is 0 Å². The smallest absolute Gasteiger partial charge is 0.265 e. The molecule has 0 saturated heterocycles. The molecular weight excluding hydrogens is 592 g/mol. The Bertz CT molecular complexity index is 1180. The molecule has 1 aliphatic carbocycles. The van der Waals surface area contributed by atoms with E-state index < -0.39 is 34.1 Å². The topological polar surface area (TPSA) is 71.5 Å². The number of fused-ring (bicyclic) bond motifs is 1. The first-order valence-electron chi connectivity index (χ1n) is 8.99. The van der Waals surface area contributed by atoms with Crippen LogP contribution < -0.4 is 0 Å². The van der Waals surface area contributed by atoms with E-state index in [9.17, 15) is 19.2 Å². The molecule has 0 bridgehead atoms. The Morgan fingerprint density at radius 2 is 1.15 bits per heavy atom. The first kappa shape index (κ1) is 29.4. The average Bonchev–Trinajstić information content (AvgIpc) is 2.80. The van der Waals surface area contributed by atoms with Gasteiger partial charge >= 0.3 is 0 Å². The summed E-state index contributed by atoms with van der Waals surface area (Å²) < 4.78 is 0. The summed E-state index contributed by atoms with van der Waals surface area (Å²) in [6.07, 6.45) is 0. The zero-order chi connectivity index (χ0) is 21.3. The van der Waals surface area contributed by atoms with Crippen molar-refractivity contribution in [3.05, 3.63) is 125 Å². The molecule has 2 radical (unpaired) electrons. The molecule has 0 heterocycles. The minimum atomic E-state index is -0.772. The van der Waals surface area contributed by atoms with Gasteiger partial charge in [0.2, 0.25) is 17.5 Å². The Kier molecular flexibility index (Phi) is 11.3. The first-order valence-corrected chi connectivity index (χ1v) is 9.36. The molecule has 0 fully saturated rings. The monoisotopic (exact) mass is 607 g/mol. The summed E-state index contributed by atoms with van der Waals surface area (Å²) in [5.41, 5.74) is 0.0812. The fraction of sp³-hybridized carbons (Fsp3) is 0. The molecule has 160 valence electrons. The number of hydrogen-bond acceptors (Lipinski definition) is 4. The van der Waals surface area contributed by atoms with E-state index in [0.717, 1.165) is 0 Å². The number of imide groups is 1. The normalized spacial score (nSPS) is 11.9. The fourth-order valence-corrected chi connectivity index (χ4v) is 3.47. The van der Waals surface area contributed by atoms with Crippen molar-refractivity contribution >= 4 is 35.0 Å². The van der Waals surface area contributed by atoms with E-state index in [-0.39, 0.29) is 95.1 Å². The summed E-state index contributed by atoms with van der Waals surface area (Å²) in [6, 6.07) is 22.9. The Labute approximate surface area is 247 Å². The van der Waals surface area contributed by atoms with Crippen LogP contribution in [0.1, 0.15) is 41.4 Å². The van der Waals surface area contributed by atoms with Crippen molar-refractivity contribution in [2.75, 3.05) is 0 Å². The van der Waals surface area contributed by atoms with Crippen LogP contribution in [0.4, 0.5) is 0 Å². The van der Waals surface area contributed by atoms with Crippen LogP contribution >= 0.6 is 11.6 Å². The average molecular weight is 608 g/mol. The molecule has 33 heavy (non-hydrogen) atoms. The number of allylic oxidation sites excluding steroid dienone is 2. The van der Waals surface area contributed by atoms with Gasteiger partial charge in [0.25, 0.3) is 5.91 Å². The number of nitrogens with zero attached hydrogens (tertiary/aromatic N) is 1. The van der Waals surface area contributed by atoms with Gasteiger partial charge in [0, 0.05) is 82.1 Å². The molecule has 2 amide bonds. The van der Waals surface area contributed by atoms with E-state index in [4.69, 9.17) is 11.6 Å². The van der Waals surface area contributed by atoms with Crippen LogP contribution in [-0.2, 0) is 65.4 Å². The molecule has 8 heteroatoms. The molecule has 0 saturated carbocycles. The second-order valence-corrected chi connectivity index (χ2v) is 6.84. The third kappa shape index (κ3) is 5.72. The van der Waals surface area contributed by atoms with Crippen molar-refractivity contribution in [3.8, 4) is 0 Å². The molecule has 0 spiro atoms. The predicted octanol–water partition coefficient (Wildman–Crippen LogP) is 4.74. The molecule has 3 aromatic rings. The zero-order valence-corrected chi connectivity index (χ0v) is 24.1. The van der Waals surface area contributed by atoms with Crippen LogP contribution in [-0.4, -0.2) is 28.3 Å².